The van der Waals surface area contributed by atoms with Crippen LogP contribution in [-0.2, 0) is 16.1 Å². The number of carbonyl (C=O) groups is 2. The van der Waals surface area contributed by atoms with Crippen LogP contribution in [0.25, 0.3) is 0 Å². The SMILES string of the molecule is O=C(O)[C@H]1CCC[C@H]1C(=O)NCc1ccc(Cl)cc1. The predicted molar refractivity (Wildman–Crippen MR) is 71.8 cm³/mol. The number of halogens is 1. The van der Waals surface area contributed by atoms with Gasteiger partial charge in [0.1, 0.15) is 0 Å². The summed E-state index contributed by atoms with van der Waals surface area (Å²) in [4.78, 5) is 23.0. The van der Waals surface area contributed by atoms with Crippen LogP contribution in [0.2, 0.25) is 5.02 Å². The zero-order valence-electron chi connectivity index (χ0n) is 10.4. The number of carboxylic acids is 1. The minimum Gasteiger partial charge on any atom is -0.481 e. The van der Waals surface area contributed by atoms with Crippen molar-refractivity contribution in [3.8, 4) is 0 Å². The first kappa shape index (κ1) is 13.9. The van der Waals surface area contributed by atoms with E-state index >= 15 is 0 Å². The minimum absolute atomic E-state index is 0.167. The molecule has 2 N–H and O–H groups in total. The number of carbonyl (C=O) groups excluding carboxylic acids is 1. The number of hydrogen-bond acceptors (Lipinski definition) is 2. The molecule has 102 valence electrons. The molecule has 0 spiro atoms. The van der Waals surface area contributed by atoms with Gasteiger partial charge in [0.25, 0.3) is 0 Å². The first-order chi connectivity index (χ1) is 9.08. The molecule has 1 aliphatic rings. The van der Waals surface area contributed by atoms with E-state index in [1.807, 2.05) is 12.1 Å². The molecule has 0 unspecified atom stereocenters. The van der Waals surface area contributed by atoms with Gasteiger partial charge in [0.15, 0.2) is 0 Å². The van der Waals surface area contributed by atoms with Crippen LogP contribution in [0.15, 0.2) is 24.3 Å². The van der Waals surface area contributed by atoms with Crippen molar-refractivity contribution in [2.75, 3.05) is 0 Å². The van der Waals surface area contributed by atoms with E-state index in [4.69, 9.17) is 16.7 Å². The highest BCUT2D eigenvalue weighted by molar-refractivity contribution is 6.30. The van der Waals surface area contributed by atoms with E-state index in [9.17, 15) is 9.59 Å². The topological polar surface area (TPSA) is 66.4 Å². The van der Waals surface area contributed by atoms with Crippen molar-refractivity contribution in [1.29, 1.82) is 0 Å². The standard InChI is InChI=1S/C14H16ClNO3/c15-10-6-4-9(5-7-10)8-16-13(17)11-2-1-3-12(11)14(18)19/h4-7,11-12H,1-3,8H2,(H,16,17)(H,18,19)/t11-,12+/m1/s1. The molecular weight excluding hydrogens is 266 g/mol. The molecule has 2 rings (SSSR count). The van der Waals surface area contributed by atoms with E-state index in [0.29, 0.717) is 24.4 Å². The maximum atomic E-state index is 12.0. The Morgan fingerprint density at radius 2 is 1.84 bits per heavy atom. The van der Waals surface area contributed by atoms with Gasteiger partial charge >= 0.3 is 5.97 Å². The van der Waals surface area contributed by atoms with Crippen molar-refractivity contribution in [1.82, 2.24) is 5.32 Å². The minimum atomic E-state index is -0.871. The summed E-state index contributed by atoms with van der Waals surface area (Å²) in [5.74, 6) is -1.97. The molecule has 0 heterocycles. The van der Waals surface area contributed by atoms with Crippen LogP contribution in [0.5, 0.6) is 0 Å². The number of hydrogen-bond donors (Lipinski definition) is 2. The molecular formula is C14H16ClNO3. The maximum absolute atomic E-state index is 12.0. The van der Waals surface area contributed by atoms with Crippen molar-refractivity contribution in [2.45, 2.75) is 25.8 Å². The number of carboxylic acid groups (broad SMARTS) is 1. The predicted octanol–water partition coefficient (Wildman–Crippen LogP) is 2.46. The van der Waals surface area contributed by atoms with Gasteiger partial charge in [-0.15, -0.1) is 0 Å². The van der Waals surface area contributed by atoms with Gasteiger partial charge in [0.2, 0.25) is 5.91 Å². The summed E-state index contributed by atoms with van der Waals surface area (Å²) < 4.78 is 0. The zero-order valence-corrected chi connectivity index (χ0v) is 11.2. The largest absolute Gasteiger partial charge is 0.481 e. The monoisotopic (exact) mass is 281 g/mol. The van der Waals surface area contributed by atoms with E-state index in [1.54, 1.807) is 12.1 Å². The number of amides is 1. The van der Waals surface area contributed by atoms with Gasteiger partial charge in [-0.3, -0.25) is 9.59 Å². The number of benzene rings is 1. The van der Waals surface area contributed by atoms with Crippen LogP contribution >= 0.6 is 11.6 Å². The van der Waals surface area contributed by atoms with Gasteiger partial charge in [-0.25, -0.2) is 0 Å². The summed E-state index contributed by atoms with van der Waals surface area (Å²) in [5.41, 5.74) is 0.947. The van der Waals surface area contributed by atoms with Gasteiger partial charge in [-0.2, -0.15) is 0 Å². The Morgan fingerprint density at radius 1 is 1.21 bits per heavy atom. The lowest BCUT2D eigenvalue weighted by atomic mass is 9.95. The van der Waals surface area contributed by atoms with E-state index in [-0.39, 0.29) is 5.91 Å². The highest BCUT2D eigenvalue weighted by atomic mass is 35.5. The van der Waals surface area contributed by atoms with Crippen LogP contribution in [0.4, 0.5) is 0 Å². The second kappa shape index (κ2) is 6.06. The van der Waals surface area contributed by atoms with E-state index in [1.165, 1.54) is 0 Å². The smallest absolute Gasteiger partial charge is 0.307 e. The van der Waals surface area contributed by atoms with Crippen molar-refractivity contribution in [2.24, 2.45) is 11.8 Å². The molecule has 1 fully saturated rings. The summed E-state index contributed by atoms with van der Waals surface area (Å²) in [6.45, 7) is 0.402. The molecule has 1 aliphatic carbocycles. The highest BCUT2D eigenvalue weighted by Crippen LogP contribution is 2.32. The normalized spacial score (nSPS) is 22.2. The Labute approximate surface area is 116 Å². The average molecular weight is 282 g/mol. The van der Waals surface area contributed by atoms with Gasteiger partial charge in [-0.1, -0.05) is 30.2 Å². The molecule has 0 radical (unpaired) electrons. The molecule has 5 heteroatoms. The molecule has 4 nitrogen and oxygen atoms in total. The lowest BCUT2D eigenvalue weighted by Gasteiger charge is -2.15. The second-order valence-electron chi connectivity index (χ2n) is 4.83. The molecule has 1 amide bonds. The lowest BCUT2D eigenvalue weighted by Crippen LogP contribution is -2.34. The van der Waals surface area contributed by atoms with Crippen LogP contribution in [0.1, 0.15) is 24.8 Å². The Balaban J connectivity index is 1.90. The van der Waals surface area contributed by atoms with Crippen molar-refractivity contribution >= 4 is 23.5 Å². The summed E-state index contributed by atoms with van der Waals surface area (Å²) >= 11 is 5.78. The third-order valence-electron chi connectivity index (χ3n) is 3.55. The number of nitrogens with one attached hydrogen (secondary N) is 1. The highest BCUT2D eigenvalue weighted by Gasteiger charge is 2.37. The molecule has 19 heavy (non-hydrogen) atoms. The molecule has 1 aromatic rings. The van der Waals surface area contributed by atoms with Crippen LogP contribution in [0.3, 0.4) is 0 Å². The molecule has 0 aliphatic heterocycles. The van der Waals surface area contributed by atoms with Gasteiger partial charge in [-0.05, 0) is 30.5 Å². The number of rotatable bonds is 4. The summed E-state index contributed by atoms with van der Waals surface area (Å²) in [6.07, 6.45) is 2.05. The Bertz CT molecular complexity index is 472. The first-order valence-corrected chi connectivity index (χ1v) is 6.70. The van der Waals surface area contributed by atoms with E-state index in [2.05, 4.69) is 5.32 Å². The van der Waals surface area contributed by atoms with Gasteiger partial charge in [0, 0.05) is 11.6 Å². The molecule has 2 atom stereocenters. The molecule has 1 aromatic carbocycles. The lowest BCUT2D eigenvalue weighted by molar-refractivity contribution is -0.146. The Kier molecular flexibility index (Phi) is 4.43. The van der Waals surface area contributed by atoms with Crippen molar-refractivity contribution in [3.63, 3.8) is 0 Å². The first-order valence-electron chi connectivity index (χ1n) is 6.33. The van der Waals surface area contributed by atoms with Gasteiger partial charge in [0.05, 0.1) is 11.8 Å². The van der Waals surface area contributed by atoms with Crippen LogP contribution in [-0.4, -0.2) is 17.0 Å². The molecule has 0 saturated heterocycles. The summed E-state index contributed by atoms with van der Waals surface area (Å²) in [6, 6.07) is 7.20. The van der Waals surface area contributed by atoms with Gasteiger partial charge < -0.3 is 10.4 Å². The van der Waals surface area contributed by atoms with E-state index in [0.717, 1.165) is 12.0 Å². The fourth-order valence-electron chi connectivity index (χ4n) is 2.49. The molecule has 1 saturated carbocycles. The third kappa shape index (κ3) is 3.47. The summed E-state index contributed by atoms with van der Waals surface area (Å²) in [5, 5.41) is 12.5. The second-order valence-corrected chi connectivity index (χ2v) is 5.26. The van der Waals surface area contributed by atoms with Crippen molar-refractivity contribution < 1.29 is 14.7 Å². The third-order valence-corrected chi connectivity index (χ3v) is 3.80. The fourth-order valence-corrected chi connectivity index (χ4v) is 2.62. The van der Waals surface area contributed by atoms with E-state index < -0.39 is 17.8 Å². The zero-order chi connectivity index (χ0) is 13.8. The van der Waals surface area contributed by atoms with Crippen molar-refractivity contribution in [3.05, 3.63) is 34.9 Å². The maximum Gasteiger partial charge on any atom is 0.307 e. The number of aliphatic carboxylic acids is 1. The average Bonchev–Trinajstić information content (AvgIpc) is 2.87. The Morgan fingerprint density at radius 3 is 2.47 bits per heavy atom. The Hall–Kier alpha value is -1.55. The van der Waals surface area contributed by atoms with Crippen LogP contribution in [0, 0.1) is 11.8 Å². The summed E-state index contributed by atoms with van der Waals surface area (Å²) in [7, 11) is 0. The fraction of sp³-hybridized carbons (Fsp3) is 0.429. The van der Waals surface area contributed by atoms with Crippen LogP contribution < -0.4 is 5.32 Å². The molecule has 0 bridgehead atoms. The molecule has 0 aromatic heterocycles. The quantitative estimate of drug-likeness (QED) is 0.891.